The molecule has 3 aromatic carbocycles. The predicted octanol–water partition coefficient (Wildman–Crippen LogP) is 2.15. The largest absolute Gasteiger partial charge is 0.545 e. The standard InChI is InChI=1S/C23H19N3O6S/c1-31-16-9-12-21(32-2)20(13-16)26-14-19(24-25-26)18-5-3-4-6-22(18)33(29,30)17-10-7-15(8-11-17)23(27)28/h3-14H,1-2H3,(H,27,28)/p-1. The van der Waals surface area contributed by atoms with Gasteiger partial charge in [0.1, 0.15) is 22.9 Å². The molecule has 0 fully saturated rings. The minimum Gasteiger partial charge on any atom is -0.545 e. The van der Waals surface area contributed by atoms with Crippen LogP contribution in [-0.2, 0) is 9.84 Å². The first-order valence-electron chi connectivity index (χ1n) is 9.66. The molecule has 0 radical (unpaired) electrons. The van der Waals surface area contributed by atoms with Gasteiger partial charge in [-0.05, 0) is 35.9 Å². The molecule has 4 aromatic rings. The van der Waals surface area contributed by atoms with Crippen molar-refractivity contribution in [1.29, 1.82) is 0 Å². The van der Waals surface area contributed by atoms with E-state index in [1.54, 1.807) is 49.7 Å². The van der Waals surface area contributed by atoms with Crippen LogP contribution in [0.4, 0.5) is 0 Å². The summed E-state index contributed by atoms with van der Waals surface area (Å²) in [6.45, 7) is 0. The van der Waals surface area contributed by atoms with Gasteiger partial charge in [0.05, 0.1) is 36.2 Å². The van der Waals surface area contributed by atoms with Crippen molar-refractivity contribution in [3.05, 3.63) is 78.5 Å². The lowest BCUT2D eigenvalue weighted by molar-refractivity contribution is -0.255. The van der Waals surface area contributed by atoms with Crippen molar-refractivity contribution in [3.8, 4) is 28.4 Å². The van der Waals surface area contributed by atoms with Crippen LogP contribution in [0, 0.1) is 0 Å². The maximum Gasteiger partial charge on any atom is 0.207 e. The maximum atomic E-state index is 13.3. The summed E-state index contributed by atoms with van der Waals surface area (Å²) >= 11 is 0. The third-order valence-electron chi connectivity index (χ3n) is 4.98. The number of methoxy groups -OCH3 is 2. The zero-order chi connectivity index (χ0) is 23.6. The number of ether oxygens (including phenoxy) is 2. The average Bonchev–Trinajstić information content (AvgIpc) is 3.33. The molecule has 0 unspecified atom stereocenters. The van der Waals surface area contributed by atoms with E-state index < -0.39 is 15.8 Å². The minimum absolute atomic E-state index is 0.0101. The Hall–Kier alpha value is -4.18. The zero-order valence-electron chi connectivity index (χ0n) is 17.6. The van der Waals surface area contributed by atoms with Crippen molar-refractivity contribution in [3.63, 3.8) is 0 Å². The Morgan fingerprint density at radius 2 is 1.70 bits per heavy atom. The summed E-state index contributed by atoms with van der Waals surface area (Å²) in [6.07, 6.45) is 1.59. The van der Waals surface area contributed by atoms with E-state index in [4.69, 9.17) is 9.47 Å². The van der Waals surface area contributed by atoms with Crippen molar-refractivity contribution in [2.24, 2.45) is 0 Å². The molecule has 168 valence electrons. The second-order valence-electron chi connectivity index (χ2n) is 6.90. The summed E-state index contributed by atoms with van der Waals surface area (Å²) in [7, 11) is -0.909. The number of carbonyl (C=O) groups is 1. The molecule has 1 aromatic heterocycles. The van der Waals surface area contributed by atoms with Crippen molar-refractivity contribution in [2.75, 3.05) is 14.2 Å². The van der Waals surface area contributed by atoms with E-state index in [1.807, 2.05) is 0 Å². The molecule has 0 bridgehead atoms. The number of sulfone groups is 1. The van der Waals surface area contributed by atoms with Crippen molar-refractivity contribution in [2.45, 2.75) is 9.79 Å². The van der Waals surface area contributed by atoms with Crippen molar-refractivity contribution >= 4 is 15.8 Å². The normalized spacial score (nSPS) is 11.2. The van der Waals surface area contributed by atoms with Gasteiger partial charge in [0.15, 0.2) is 0 Å². The van der Waals surface area contributed by atoms with Gasteiger partial charge in [0.2, 0.25) is 9.84 Å². The first kappa shape index (κ1) is 22.0. The smallest absolute Gasteiger partial charge is 0.207 e. The number of hydrogen-bond donors (Lipinski definition) is 0. The van der Waals surface area contributed by atoms with E-state index in [9.17, 15) is 18.3 Å². The number of aromatic carboxylic acids is 1. The van der Waals surface area contributed by atoms with E-state index >= 15 is 0 Å². The summed E-state index contributed by atoms with van der Waals surface area (Å²) in [5, 5.41) is 19.3. The Balaban J connectivity index is 1.78. The van der Waals surface area contributed by atoms with Crippen LogP contribution in [-0.4, -0.2) is 43.6 Å². The molecule has 4 rings (SSSR count). The second-order valence-corrected chi connectivity index (χ2v) is 8.82. The molecule has 0 amide bonds. The topological polar surface area (TPSA) is 123 Å². The van der Waals surface area contributed by atoms with Crippen LogP contribution in [0.15, 0.2) is 82.7 Å². The molecule has 0 saturated carbocycles. The number of aromatic nitrogens is 3. The quantitative estimate of drug-likeness (QED) is 0.408. The van der Waals surface area contributed by atoms with Gasteiger partial charge in [0.25, 0.3) is 0 Å². The van der Waals surface area contributed by atoms with Crippen LogP contribution in [0.1, 0.15) is 10.4 Å². The highest BCUT2D eigenvalue weighted by molar-refractivity contribution is 7.91. The van der Waals surface area contributed by atoms with Crippen molar-refractivity contribution < 1.29 is 27.8 Å². The fourth-order valence-corrected chi connectivity index (χ4v) is 4.76. The molecular formula is C23H18N3O6S-. The molecule has 0 aliphatic carbocycles. The molecule has 33 heavy (non-hydrogen) atoms. The van der Waals surface area contributed by atoms with E-state index in [1.165, 1.54) is 42.1 Å². The predicted molar refractivity (Wildman–Crippen MR) is 116 cm³/mol. The Morgan fingerprint density at radius 3 is 2.36 bits per heavy atom. The Kier molecular flexibility index (Phi) is 5.84. The summed E-state index contributed by atoms with van der Waals surface area (Å²) in [4.78, 5) is 10.9. The van der Waals surface area contributed by atoms with Crippen LogP contribution in [0.5, 0.6) is 11.5 Å². The lowest BCUT2D eigenvalue weighted by Gasteiger charge is -2.10. The first-order chi connectivity index (χ1) is 15.8. The average molecular weight is 464 g/mol. The number of carbonyl (C=O) groups excluding carboxylic acids is 1. The third kappa shape index (κ3) is 4.15. The van der Waals surface area contributed by atoms with Crippen molar-refractivity contribution in [1.82, 2.24) is 15.0 Å². The molecule has 9 nitrogen and oxygen atoms in total. The second kappa shape index (κ2) is 8.75. The Bertz CT molecular complexity index is 1430. The molecule has 1 heterocycles. The van der Waals surface area contributed by atoms with Gasteiger partial charge >= 0.3 is 0 Å². The molecule has 0 aliphatic heterocycles. The molecule has 0 saturated heterocycles. The first-order valence-corrected chi connectivity index (χ1v) is 11.1. The summed E-state index contributed by atoms with van der Waals surface area (Å²) < 4.78 is 38.8. The summed E-state index contributed by atoms with van der Waals surface area (Å²) in [6, 6.07) is 16.4. The van der Waals surface area contributed by atoms with Gasteiger partial charge < -0.3 is 19.4 Å². The lowest BCUT2D eigenvalue weighted by Crippen LogP contribution is -2.22. The molecule has 0 N–H and O–H groups in total. The van der Waals surface area contributed by atoms with Gasteiger partial charge in [-0.2, -0.15) is 0 Å². The Morgan fingerprint density at radius 1 is 0.970 bits per heavy atom. The fourth-order valence-electron chi connectivity index (χ4n) is 3.29. The van der Waals surface area contributed by atoms with E-state index in [0.717, 1.165) is 0 Å². The van der Waals surface area contributed by atoms with Crippen LogP contribution < -0.4 is 14.6 Å². The fraction of sp³-hybridized carbons (Fsp3) is 0.0870. The van der Waals surface area contributed by atoms with Gasteiger partial charge in [0, 0.05) is 11.6 Å². The van der Waals surface area contributed by atoms with E-state index in [0.29, 0.717) is 28.4 Å². The van der Waals surface area contributed by atoms with E-state index in [-0.39, 0.29) is 15.4 Å². The van der Waals surface area contributed by atoms with Crippen LogP contribution >= 0.6 is 0 Å². The van der Waals surface area contributed by atoms with Gasteiger partial charge in [-0.1, -0.05) is 35.5 Å². The number of benzene rings is 3. The molecule has 0 spiro atoms. The van der Waals surface area contributed by atoms with Gasteiger partial charge in [-0.3, -0.25) is 0 Å². The van der Waals surface area contributed by atoms with Gasteiger partial charge in [-0.15, -0.1) is 5.10 Å². The van der Waals surface area contributed by atoms with Crippen LogP contribution in [0.2, 0.25) is 0 Å². The maximum absolute atomic E-state index is 13.3. The monoisotopic (exact) mass is 464 g/mol. The molecular weight excluding hydrogens is 446 g/mol. The highest BCUT2D eigenvalue weighted by Crippen LogP contribution is 2.32. The van der Waals surface area contributed by atoms with Gasteiger partial charge in [-0.25, -0.2) is 13.1 Å². The highest BCUT2D eigenvalue weighted by atomic mass is 32.2. The lowest BCUT2D eigenvalue weighted by atomic mass is 10.2. The zero-order valence-corrected chi connectivity index (χ0v) is 18.4. The Labute approximate surface area is 189 Å². The highest BCUT2D eigenvalue weighted by Gasteiger charge is 2.23. The number of rotatable bonds is 7. The molecule has 0 atom stereocenters. The number of nitrogens with zero attached hydrogens (tertiary/aromatic N) is 3. The van der Waals surface area contributed by atoms with E-state index in [2.05, 4.69) is 10.3 Å². The summed E-state index contributed by atoms with van der Waals surface area (Å²) in [5.74, 6) is -0.268. The SMILES string of the molecule is COc1ccc(OC)c(-n2cc(-c3ccccc3S(=O)(=O)c3ccc(C(=O)[O-])cc3)nn2)c1. The number of carboxylic acids is 1. The number of hydrogen-bond acceptors (Lipinski definition) is 8. The molecule has 10 heteroatoms. The van der Waals surface area contributed by atoms with Crippen LogP contribution in [0.3, 0.4) is 0 Å². The molecule has 0 aliphatic rings. The van der Waals surface area contributed by atoms with Crippen LogP contribution in [0.25, 0.3) is 16.9 Å². The third-order valence-corrected chi connectivity index (χ3v) is 6.81. The number of carboxylic acid groups (broad SMARTS) is 1. The summed E-state index contributed by atoms with van der Waals surface area (Å²) in [5.41, 5.74) is 1.12. The minimum atomic E-state index is -3.97.